The maximum Gasteiger partial charge on any atom is 0.332 e. The largest absolute Gasteiger partial charge is 0.479 e. The van der Waals surface area contributed by atoms with Crippen LogP contribution in [0.2, 0.25) is 0 Å². The molecule has 0 aliphatic heterocycles. The lowest BCUT2D eigenvalue weighted by molar-refractivity contribution is -0.147. The minimum atomic E-state index is -1.45. The molecule has 6 nitrogen and oxygen atoms in total. The van der Waals surface area contributed by atoms with Crippen LogP contribution in [0, 0.1) is 0 Å². The number of aliphatic hydroxyl groups is 1. The number of carbonyl (C=O) groups excluding carboxylic acids is 1. The van der Waals surface area contributed by atoms with Gasteiger partial charge in [-0.25, -0.2) is 4.79 Å². The van der Waals surface area contributed by atoms with Crippen molar-refractivity contribution >= 4 is 11.9 Å². The summed E-state index contributed by atoms with van der Waals surface area (Å²) >= 11 is 0. The summed E-state index contributed by atoms with van der Waals surface area (Å²) in [6.45, 7) is 0.338. The number of benzene rings is 1. The molecule has 0 radical (unpaired) electrons. The molecular formula is C13H17NO5. The number of aliphatic hydroxyl groups excluding tert-OH is 1. The van der Waals surface area contributed by atoms with E-state index in [0.29, 0.717) is 6.61 Å². The van der Waals surface area contributed by atoms with Crippen LogP contribution in [0.1, 0.15) is 12.0 Å². The molecule has 0 fully saturated rings. The van der Waals surface area contributed by atoms with E-state index in [-0.39, 0.29) is 25.5 Å². The molecular weight excluding hydrogens is 250 g/mol. The van der Waals surface area contributed by atoms with Crippen molar-refractivity contribution in [1.29, 1.82) is 0 Å². The molecule has 1 amide bonds. The zero-order valence-electron chi connectivity index (χ0n) is 10.4. The predicted molar refractivity (Wildman–Crippen MR) is 67.4 cm³/mol. The zero-order chi connectivity index (χ0) is 14.1. The summed E-state index contributed by atoms with van der Waals surface area (Å²) in [5, 5.41) is 19.9. The molecule has 0 bridgehead atoms. The highest BCUT2D eigenvalue weighted by atomic mass is 16.5. The van der Waals surface area contributed by atoms with Gasteiger partial charge in [0.15, 0.2) is 6.10 Å². The third kappa shape index (κ3) is 6.54. The van der Waals surface area contributed by atoms with Gasteiger partial charge in [0.1, 0.15) is 6.61 Å². The van der Waals surface area contributed by atoms with Crippen LogP contribution in [0.5, 0.6) is 0 Å². The number of aliphatic carboxylic acids is 1. The van der Waals surface area contributed by atoms with Crippen LogP contribution in [0.4, 0.5) is 0 Å². The maximum absolute atomic E-state index is 11.3. The number of amides is 1. The molecule has 0 saturated carbocycles. The monoisotopic (exact) mass is 267 g/mol. The highest BCUT2D eigenvalue weighted by Gasteiger charge is 2.12. The van der Waals surface area contributed by atoms with Crippen molar-refractivity contribution in [3.63, 3.8) is 0 Å². The first kappa shape index (κ1) is 15.1. The molecule has 1 atom stereocenters. The summed E-state index contributed by atoms with van der Waals surface area (Å²) in [5.41, 5.74) is 0.969. The Bertz CT molecular complexity index is 407. The first-order valence-corrected chi connectivity index (χ1v) is 5.89. The molecule has 1 aromatic carbocycles. The van der Waals surface area contributed by atoms with Gasteiger partial charge >= 0.3 is 5.97 Å². The summed E-state index contributed by atoms with van der Waals surface area (Å²) < 4.78 is 5.20. The molecule has 0 saturated heterocycles. The quantitative estimate of drug-likeness (QED) is 0.623. The fourth-order valence-corrected chi connectivity index (χ4v) is 1.36. The second kappa shape index (κ2) is 8.23. The zero-order valence-corrected chi connectivity index (χ0v) is 10.4. The van der Waals surface area contributed by atoms with Gasteiger partial charge in [0.05, 0.1) is 6.61 Å². The molecule has 0 unspecified atom stereocenters. The lowest BCUT2D eigenvalue weighted by Crippen LogP contribution is -2.32. The molecule has 0 spiro atoms. The summed E-state index contributed by atoms with van der Waals surface area (Å²) in [6.07, 6.45) is -1.48. The van der Waals surface area contributed by atoms with E-state index < -0.39 is 12.1 Å². The van der Waals surface area contributed by atoms with Gasteiger partial charge in [0.25, 0.3) is 0 Å². The number of carboxylic acids is 1. The molecule has 0 aliphatic carbocycles. The Kier molecular flexibility index (Phi) is 6.56. The molecule has 3 N–H and O–H groups in total. The minimum absolute atomic E-state index is 0.0280. The fourth-order valence-electron chi connectivity index (χ4n) is 1.36. The van der Waals surface area contributed by atoms with Gasteiger partial charge in [0, 0.05) is 13.0 Å². The number of hydrogen-bond acceptors (Lipinski definition) is 4. The Morgan fingerprint density at radius 1 is 1.26 bits per heavy atom. The first-order valence-electron chi connectivity index (χ1n) is 5.89. The van der Waals surface area contributed by atoms with Gasteiger partial charge in [-0.3, -0.25) is 4.79 Å². The van der Waals surface area contributed by atoms with Crippen molar-refractivity contribution in [3.8, 4) is 0 Å². The Hall–Kier alpha value is -1.92. The van der Waals surface area contributed by atoms with Crippen LogP contribution >= 0.6 is 0 Å². The molecule has 0 aliphatic rings. The standard InChI is InChI=1S/C13H17NO5/c15-11(13(17)18)6-7-14-12(16)9-19-8-10-4-2-1-3-5-10/h1-5,11,15H,6-9H2,(H,14,16)(H,17,18)/t11-/m0/s1. The number of hydrogen-bond donors (Lipinski definition) is 3. The number of carboxylic acid groups (broad SMARTS) is 1. The van der Waals surface area contributed by atoms with Gasteiger partial charge in [-0.15, -0.1) is 0 Å². The second-order valence-corrected chi connectivity index (χ2v) is 3.97. The van der Waals surface area contributed by atoms with E-state index in [1.165, 1.54) is 0 Å². The highest BCUT2D eigenvalue weighted by Crippen LogP contribution is 1.99. The van der Waals surface area contributed by atoms with Crippen LogP contribution in [0.15, 0.2) is 30.3 Å². The summed E-state index contributed by atoms with van der Waals surface area (Å²) in [6, 6.07) is 9.43. The van der Waals surface area contributed by atoms with Crippen molar-refractivity contribution < 1.29 is 24.5 Å². The van der Waals surface area contributed by atoms with Gasteiger partial charge in [0.2, 0.25) is 5.91 Å². The molecule has 104 valence electrons. The fraction of sp³-hybridized carbons (Fsp3) is 0.385. The first-order chi connectivity index (χ1) is 9.09. The topological polar surface area (TPSA) is 95.9 Å². The molecule has 6 heteroatoms. The molecule has 0 heterocycles. The van der Waals surface area contributed by atoms with Crippen LogP contribution in [-0.4, -0.2) is 41.3 Å². The van der Waals surface area contributed by atoms with Crippen molar-refractivity contribution in [1.82, 2.24) is 5.32 Å². The smallest absolute Gasteiger partial charge is 0.332 e. The van der Waals surface area contributed by atoms with Gasteiger partial charge in [-0.05, 0) is 5.56 Å². The summed E-state index contributed by atoms with van der Waals surface area (Å²) in [7, 11) is 0. The van der Waals surface area contributed by atoms with E-state index in [2.05, 4.69) is 5.32 Å². The molecule has 1 aromatic rings. The van der Waals surface area contributed by atoms with Crippen LogP contribution in [-0.2, 0) is 20.9 Å². The SMILES string of the molecule is O=C(COCc1ccccc1)NCC[C@H](O)C(=O)O. The minimum Gasteiger partial charge on any atom is -0.479 e. The van der Waals surface area contributed by atoms with E-state index in [1.807, 2.05) is 30.3 Å². The Morgan fingerprint density at radius 3 is 2.58 bits per heavy atom. The van der Waals surface area contributed by atoms with Gasteiger partial charge in [-0.2, -0.15) is 0 Å². The van der Waals surface area contributed by atoms with Crippen LogP contribution in [0.25, 0.3) is 0 Å². The molecule has 0 aromatic heterocycles. The average Bonchev–Trinajstić information content (AvgIpc) is 2.39. The highest BCUT2D eigenvalue weighted by molar-refractivity contribution is 5.77. The lowest BCUT2D eigenvalue weighted by atomic mass is 10.2. The van der Waals surface area contributed by atoms with Crippen molar-refractivity contribution in [3.05, 3.63) is 35.9 Å². The van der Waals surface area contributed by atoms with Crippen LogP contribution < -0.4 is 5.32 Å². The number of ether oxygens (including phenoxy) is 1. The Balaban J connectivity index is 2.10. The van der Waals surface area contributed by atoms with E-state index in [9.17, 15) is 9.59 Å². The maximum atomic E-state index is 11.3. The van der Waals surface area contributed by atoms with Gasteiger partial charge < -0.3 is 20.3 Å². The third-order valence-electron chi connectivity index (χ3n) is 2.37. The lowest BCUT2D eigenvalue weighted by Gasteiger charge is -2.08. The van der Waals surface area contributed by atoms with E-state index in [1.54, 1.807) is 0 Å². The Labute approximate surface area is 111 Å². The van der Waals surface area contributed by atoms with Crippen molar-refractivity contribution in [2.75, 3.05) is 13.2 Å². The number of carbonyl (C=O) groups is 2. The summed E-state index contributed by atoms with van der Waals surface area (Å²) in [5.74, 6) is -1.64. The van der Waals surface area contributed by atoms with Crippen LogP contribution in [0.3, 0.4) is 0 Å². The summed E-state index contributed by atoms with van der Waals surface area (Å²) in [4.78, 5) is 21.6. The van der Waals surface area contributed by atoms with Gasteiger partial charge in [-0.1, -0.05) is 30.3 Å². The second-order valence-electron chi connectivity index (χ2n) is 3.97. The van der Waals surface area contributed by atoms with E-state index in [4.69, 9.17) is 14.9 Å². The normalized spacial score (nSPS) is 11.8. The molecule has 1 rings (SSSR count). The van der Waals surface area contributed by atoms with E-state index >= 15 is 0 Å². The molecule has 19 heavy (non-hydrogen) atoms. The number of nitrogens with one attached hydrogen (secondary N) is 1. The van der Waals surface area contributed by atoms with Crippen molar-refractivity contribution in [2.24, 2.45) is 0 Å². The van der Waals surface area contributed by atoms with E-state index in [0.717, 1.165) is 5.56 Å². The Morgan fingerprint density at radius 2 is 1.95 bits per heavy atom. The number of rotatable bonds is 8. The third-order valence-corrected chi connectivity index (χ3v) is 2.37. The average molecular weight is 267 g/mol. The van der Waals surface area contributed by atoms with Crippen molar-refractivity contribution in [2.45, 2.75) is 19.1 Å². The predicted octanol–water partition coefficient (Wildman–Crippen LogP) is 0.155.